The van der Waals surface area contributed by atoms with Crippen molar-refractivity contribution < 1.29 is 14.7 Å². The number of aryl methyl sites for hydroxylation is 1. The van der Waals surface area contributed by atoms with Crippen molar-refractivity contribution >= 4 is 17.6 Å². The molecule has 30 heavy (non-hydrogen) atoms. The van der Waals surface area contributed by atoms with Gasteiger partial charge in [-0.15, -0.1) is 0 Å². The number of carboxylic acid groups (broad SMARTS) is 1. The third kappa shape index (κ3) is 4.00. The van der Waals surface area contributed by atoms with Gasteiger partial charge in [-0.05, 0) is 36.0 Å². The predicted molar refractivity (Wildman–Crippen MR) is 114 cm³/mol. The summed E-state index contributed by atoms with van der Waals surface area (Å²) in [6, 6.07) is 18.5. The molecule has 1 unspecified atom stereocenters. The minimum Gasteiger partial charge on any atom is -0.479 e. The van der Waals surface area contributed by atoms with Gasteiger partial charge < -0.3 is 15.7 Å². The van der Waals surface area contributed by atoms with E-state index in [-0.39, 0.29) is 11.9 Å². The average Bonchev–Trinajstić information content (AvgIpc) is 2.73. The zero-order valence-corrected chi connectivity index (χ0v) is 16.6. The molecule has 0 radical (unpaired) electrons. The lowest BCUT2D eigenvalue weighted by molar-refractivity contribution is -0.142. The lowest BCUT2D eigenvalue weighted by atomic mass is 9.78. The van der Waals surface area contributed by atoms with Crippen LogP contribution in [0.25, 0.3) is 11.1 Å². The second-order valence-electron chi connectivity index (χ2n) is 7.25. The molecule has 0 bridgehead atoms. The van der Waals surface area contributed by atoms with Gasteiger partial charge in [0.1, 0.15) is 0 Å². The number of oxime groups is 1. The van der Waals surface area contributed by atoms with Gasteiger partial charge in [-0.1, -0.05) is 59.8 Å². The van der Waals surface area contributed by atoms with E-state index < -0.39 is 12.6 Å². The van der Waals surface area contributed by atoms with Gasteiger partial charge in [-0.3, -0.25) is 0 Å². The van der Waals surface area contributed by atoms with E-state index in [1.807, 2.05) is 37.3 Å². The van der Waals surface area contributed by atoms with E-state index in [9.17, 15) is 4.79 Å². The van der Waals surface area contributed by atoms with Crippen molar-refractivity contribution in [3.8, 4) is 11.1 Å². The largest absolute Gasteiger partial charge is 0.479 e. The summed E-state index contributed by atoms with van der Waals surface area (Å²) in [4.78, 5) is 24.6. The monoisotopic (exact) mass is 402 g/mol. The molecule has 0 spiro atoms. The minimum absolute atomic E-state index is 0.0924. The van der Waals surface area contributed by atoms with Gasteiger partial charge in [0.05, 0.1) is 17.1 Å². The Morgan fingerprint density at radius 1 is 1.13 bits per heavy atom. The number of nitrogens with zero attached hydrogens (tertiary/aromatic N) is 3. The molecule has 0 amide bonds. The first-order valence-corrected chi connectivity index (χ1v) is 9.71. The van der Waals surface area contributed by atoms with E-state index in [1.165, 1.54) is 5.56 Å². The molecule has 3 N–H and O–H groups in total. The van der Waals surface area contributed by atoms with Crippen LogP contribution in [-0.2, 0) is 16.1 Å². The number of hydrogen-bond donors (Lipinski definition) is 2. The Balaban J connectivity index is 1.77. The Hall–Kier alpha value is -3.74. The van der Waals surface area contributed by atoms with E-state index in [0.29, 0.717) is 24.2 Å². The number of fused-ring (bicyclic) bond motifs is 1. The summed E-state index contributed by atoms with van der Waals surface area (Å²) < 4.78 is 0. The summed E-state index contributed by atoms with van der Waals surface area (Å²) in [5.41, 5.74) is 12.3. The van der Waals surface area contributed by atoms with Crippen LogP contribution in [0.4, 0.5) is 5.95 Å². The third-order valence-electron chi connectivity index (χ3n) is 5.20. The molecule has 152 valence electrons. The third-order valence-corrected chi connectivity index (χ3v) is 5.20. The van der Waals surface area contributed by atoms with Crippen molar-refractivity contribution in [1.82, 2.24) is 9.97 Å². The molecule has 2 aromatic carbocycles. The highest BCUT2D eigenvalue weighted by atomic mass is 16.6. The number of carbonyl (C=O) groups is 1. The van der Waals surface area contributed by atoms with Crippen LogP contribution < -0.4 is 5.73 Å². The van der Waals surface area contributed by atoms with Crippen LogP contribution in [0.15, 0.2) is 59.8 Å². The van der Waals surface area contributed by atoms with Crippen molar-refractivity contribution in [2.75, 3.05) is 12.3 Å². The second-order valence-corrected chi connectivity index (χ2v) is 7.25. The fraction of sp³-hybridized carbons (Fsp3) is 0.217. The van der Waals surface area contributed by atoms with Crippen LogP contribution in [0.3, 0.4) is 0 Å². The van der Waals surface area contributed by atoms with Crippen LogP contribution in [0, 0.1) is 6.92 Å². The molecule has 3 aromatic rings. The van der Waals surface area contributed by atoms with Crippen molar-refractivity contribution in [3.63, 3.8) is 0 Å². The Morgan fingerprint density at radius 3 is 2.63 bits per heavy atom. The first-order chi connectivity index (χ1) is 14.5. The SMILES string of the molecule is Cc1nc(N)nc2c1C(=NOCC(=O)O)CC(c1ccccc1-c1ccccc1)C2. The van der Waals surface area contributed by atoms with Crippen LogP contribution >= 0.6 is 0 Å². The Morgan fingerprint density at radius 2 is 1.87 bits per heavy atom. The molecule has 7 heteroatoms. The Bertz CT molecular complexity index is 1110. The van der Waals surface area contributed by atoms with Gasteiger partial charge in [0.2, 0.25) is 12.6 Å². The number of aliphatic carboxylic acids is 1. The number of benzene rings is 2. The van der Waals surface area contributed by atoms with Gasteiger partial charge >= 0.3 is 5.97 Å². The number of anilines is 1. The molecule has 0 fully saturated rings. The fourth-order valence-electron chi connectivity index (χ4n) is 4.02. The maximum Gasteiger partial charge on any atom is 0.344 e. The van der Waals surface area contributed by atoms with Crippen LogP contribution in [0.1, 0.15) is 34.9 Å². The molecule has 0 aliphatic heterocycles. The maximum atomic E-state index is 10.9. The van der Waals surface area contributed by atoms with Crippen molar-refractivity contribution in [3.05, 3.63) is 77.1 Å². The van der Waals surface area contributed by atoms with Gasteiger partial charge in [0.25, 0.3) is 0 Å². The lowest BCUT2D eigenvalue weighted by Crippen LogP contribution is -2.24. The van der Waals surface area contributed by atoms with Crippen molar-refractivity contribution in [1.29, 1.82) is 0 Å². The summed E-state index contributed by atoms with van der Waals surface area (Å²) in [6.45, 7) is 1.35. The van der Waals surface area contributed by atoms with Gasteiger partial charge in [-0.25, -0.2) is 14.8 Å². The van der Waals surface area contributed by atoms with E-state index in [1.54, 1.807) is 0 Å². The zero-order chi connectivity index (χ0) is 21.1. The maximum absolute atomic E-state index is 10.9. The highest BCUT2D eigenvalue weighted by Gasteiger charge is 2.30. The molecule has 1 aliphatic rings. The molecule has 7 nitrogen and oxygen atoms in total. The van der Waals surface area contributed by atoms with Crippen LogP contribution in [0.2, 0.25) is 0 Å². The first-order valence-electron chi connectivity index (χ1n) is 9.71. The molecule has 0 saturated heterocycles. The van der Waals surface area contributed by atoms with Gasteiger partial charge in [0, 0.05) is 12.0 Å². The Kier molecular flexibility index (Phi) is 5.43. The van der Waals surface area contributed by atoms with Crippen molar-refractivity contribution in [2.24, 2.45) is 5.16 Å². The minimum atomic E-state index is -1.08. The lowest BCUT2D eigenvalue weighted by Gasteiger charge is -2.27. The number of nitrogen functional groups attached to an aromatic ring is 1. The summed E-state index contributed by atoms with van der Waals surface area (Å²) in [6.07, 6.45) is 1.27. The molecule has 1 aromatic heterocycles. The molecule has 0 saturated carbocycles. The smallest absolute Gasteiger partial charge is 0.344 e. The van der Waals surface area contributed by atoms with E-state index >= 15 is 0 Å². The standard InChI is InChI=1S/C23H22N4O3/c1-14-22-19(26-23(24)25-14)11-16(12-20(22)27-30-13-21(28)29)18-10-6-5-9-17(18)15-7-3-2-4-8-15/h2-10,16H,11-13H2,1H3,(H,28,29)(H2,24,25,26). The fourth-order valence-corrected chi connectivity index (χ4v) is 4.02. The quantitative estimate of drug-likeness (QED) is 0.631. The second kappa shape index (κ2) is 8.32. The molecule has 1 heterocycles. The highest BCUT2D eigenvalue weighted by Crippen LogP contribution is 2.38. The summed E-state index contributed by atoms with van der Waals surface area (Å²) in [7, 11) is 0. The summed E-state index contributed by atoms with van der Waals surface area (Å²) >= 11 is 0. The Labute approximate surface area is 174 Å². The van der Waals surface area contributed by atoms with Gasteiger partial charge in [0.15, 0.2) is 0 Å². The summed E-state index contributed by atoms with van der Waals surface area (Å²) in [5, 5.41) is 13.0. The highest BCUT2D eigenvalue weighted by molar-refractivity contribution is 6.03. The van der Waals surface area contributed by atoms with E-state index in [2.05, 4.69) is 39.4 Å². The normalized spacial score (nSPS) is 16.8. The van der Waals surface area contributed by atoms with Crippen molar-refractivity contribution in [2.45, 2.75) is 25.7 Å². The number of carboxylic acids is 1. The molecule has 4 rings (SSSR count). The number of rotatable bonds is 5. The van der Waals surface area contributed by atoms with Crippen LogP contribution in [0.5, 0.6) is 0 Å². The average molecular weight is 402 g/mol. The predicted octanol–water partition coefficient (Wildman–Crippen LogP) is 3.57. The zero-order valence-electron chi connectivity index (χ0n) is 16.6. The van der Waals surface area contributed by atoms with Crippen LogP contribution in [-0.4, -0.2) is 33.4 Å². The van der Waals surface area contributed by atoms with Gasteiger partial charge in [-0.2, -0.15) is 0 Å². The molecule has 1 aliphatic carbocycles. The molecule has 1 atom stereocenters. The first kappa shape index (κ1) is 19.6. The van der Waals surface area contributed by atoms with E-state index in [4.69, 9.17) is 15.7 Å². The summed E-state index contributed by atoms with van der Waals surface area (Å²) in [5.74, 6) is -0.768. The molecular formula is C23H22N4O3. The van der Waals surface area contributed by atoms with E-state index in [0.717, 1.165) is 22.4 Å². The number of hydrogen-bond acceptors (Lipinski definition) is 6. The topological polar surface area (TPSA) is 111 Å². The molecular weight excluding hydrogens is 380 g/mol. The number of aromatic nitrogens is 2. The number of nitrogens with two attached hydrogens (primary N) is 1.